The van der Waals surface area contributed by atoms with Gasteiger partial charge in [0.15, 0.2) is 0 Å². The van der Waals surface area contributed by atoms with E-state index in [4.69, 9.17) is 18.1 Å². The summed E-state index contributed by atoms with van der Waals surface area (Å²) in [5.41, 5.74) is 5.08. The van der Waals surface area contributed by atoms with E-state index in [0.29, 0.717) is 50.4 Å². The number of hydrogen-bond acceptors (Lipinski definition) is 3. The van der Waals surface area contributed by atoms with E-state index in [1.807, 2.05) is 45.0 Å². The minimum absolute atomic E-state index is 0. The standard InChI is InChI=1S/C23H22NO.C22H24GeN.Ir/c1-15-8-9-17-18-6-5-7-19(22(18)25-21(17)12-15)20-13-16(10-11-24-20)14-23(2,3)4;1-17-10-12-19(13-11-17)22-15-20(14-18-8-6-5-7-9-18)21(16-24-22)23(2,3)4;/h5-6,8-13H,14H2,1-4H3;5-12,15-16H,14H2,1-4H3;/q2*-1;/i2*1D3,14D2;. The predicted octanol–water partition coefficient (Wildman–Crippen LogP) is 11.3. The van der Waals surface area contributed by atoms with E-state index in [2.05, 4.69) is 39.4 Å². The minimum Gasteiger partial charge on any atom is -0.501 e. The Morgan fingerprint density at radius 2 is 1.58 bits per heavy atom. The molecule has 3 aromatic heterocycles. The van der Waals surface area contributed by atoms with Gasteiger partial charge in [0.1, 0.15) is 5.58 Å². The van der Waals surface area contributed by atoms with Gasteiger partial charge in [-0.25, -0.2) is 0 Å². The van der Waals surface area contributed by atoms with E-state index in [1.165, 1.54) is 6.07 Å². The zero-order chi connectivity index (χ0) is 43.3. The van der Waals surface area contributed by atoms with Crippen molar-refractivity contribution in [3.8, 4) is 22.5 Å². The molecule has 0 amide bonds. The molecule has 0 aliphatic heterocycles. The Labute approximate surface area is 328 Å². The van der Waals surface area contributed by atoms with Crippen molar-refractivity contribution >= 4 is 39.6 Å². The number of pyridine rings is 2. The fourth-order valence-electron chi connectivity index (χ4n) is 5.57. The second kappa shape index (κ2) is 15.6. The smallest absolute Gasteiger partial charge is 0.121 e. The molecule has 0 saturated carbocycles. The average molecular weight is 906 g/mol. The average Bonchev–Trinajstić information content (AvgIpc) is 3.55. The first-order chi connectivity index (χ1) is 27.3. The van der Waals surface area contributed by atoms with Crippen LogP contribution in [0.2, 0.25) is 17.3 Å². The Hall–Kier alpha value is -3.83. The number of fused-ring (bicyclic) bond motifs is 3. The molecule has 0 aliphatic carbocycles. The van der Waals surface area contributed by atoms with Gasteiger partial charge in [-0.1, -0.05) is 55.5 Å². The third kappa shape index (κ3) is 9.09. The van der Waals surface area contributed by atoms with E-state index in [0.717, 1.165) is 15.2 Å². The maximum atomic E-state index is 8.89. The third-order valence-corrected chi connectivity index (χ3v) is 12.0. The van der Waals surface area contributed by atoms with Crippen molar-refractivity contribution in [3.05, 3.63) is 149 Å². The molecule has 257 valence electrons. The van der Waals surface area contributed by atoms with Crippen molar-refractivity contribution in [3.63, 3.8) is 0 Å². The SMILES string of the molecule is [2H]C([2H])([2H])c1c[c-]c(-c2cc(C([2H])([2H])c3ccccc3)[c]([Ge]([CH3])([CH3])[CH3])cn2)cc1.[2H]C([2H])([2H])c1ccc2c(c1)oc1c(-c3cc(C([2H])([2H])C(C)(C)C)ccn3)[c-]ccc12.[Ir]. The Bertz CT molecular complexity index is 2610. The molecule has 0 spiro atoms. The van der Waals surface area contributed by atoms with Crippen molar-refractivity contribution < 1.29 is 38.2 Å². The third-order valence-electron chi connectivity index (χ3n) is 7.82. The van der Waals surface area contributed by atoms with Gasteiger partial charge in [-0.15, -0.1) is 18.2 Å². The first-order valence-electron chi connectivity index (χ1n) is 21.2. The maximum absolute atomic E-state index is 8.89. The van der Waals surface area contributed by atoms with Crippen molar-refractivity contribution in [2.45, 2.75) is 64.5 Å². The van der Waals surface area contributed by atoms with Crippen molar-refractivity contribution in [1.82, 2.24) is 9.97 Å². The molecule has 3 nitrogen and oxygen atoms in total. The number of aromatic nitrogens is 2. The van der Waals surface area contributed by atoms with Crippen LogP contribution in [0.1, 0.15) is 62.3 Å². The summed E-state index contributed by atoms with van der Waals surface area (Å²) in [6, 6.07) is 33.8. The zero-order valence-corrected chi connectivity index (χ0v) is 33.5. The molecule has 0 saturated heterocycles. The summed E-state index contributed by atoms with van der Waals surface area (Å²) in [6.45, 7) is 1.20. The molecular weight excluding hydrogens is 849 g/mol. The van der Waals surface area contributed by atoms with E-state index >= 15 is 0 Å². The van der Waals surface area contributed by atoms with Gasteiger partial charge in [-0.05, 0) is 42.0 Å². The fourth-order valence-corrected chi connectivity index (χ4v) is 8.50. The molecule has 5 heteroatoms. The molecule has 4 aromatic carbocycles. The molecule has 0 unspecified atom stereocenters. The molecule has 0 aliphatic rings. The van der Waals surface area contributed by atoms with Crippen LogP contribution in [0.4, 0.5) is 0 Å². The molecule has 0 N–H and O–H groups in total. The van der Waals surface area contributed by atoms with Crippen LogP contribution in [-0.2, 0) is 32.9 Å². The van der Waals surface area contributed by atoms with Gasteiger partial charge in [0.05, 0.1) is 5.58 Å². The number of hydrogen-bond donors (Lipinski definition) is 0. The first-order valence-corrected chi connectivity index (χ1v) is 23.6. The van der Waals surface area contributed by atoms with Gasteiger partial charge in [0, 0.05) is 38.5 Å². The van der Waals surface area contributed by atoms with Crippen LogP contribution in [0.5, 0.6) is 0 Å². The van der Waals surface area contributed by atoms with E-state index < -0.39 is 45.1 Å². The summed E-state index contributed by atoms with van der Waals surface area (Å²) in [5, 5.41) is 1.65. The molecule has 1 radical (unpaired) electrons. The van der Waals surface area contributed by atoms with Crippen molar-refractivity contribution in [2.24, 2.45) is 5.41 Å². The Morgan fingerprint density at radius 3 is 2.28 bits per heavy atom. The second-order valence-corrected chi connectivity index (χ2v) is 24.6. The van der Waals surface area contributed by atoms with Crippen molar-refractivity contribution in [1.29, 1.82) is 0 Å². The normalized spacial score (nSPS) is 15.6. The van der Waals surface area contributed by atoms with Crippen LogP contribution < -0.4 is 4.40 Å². The van der Waals surface area contributed by atoms with Crippen LogP contribution >= 0.6 is 0 Å². The predicted molar refractivity (Wildman–Crippen MR) is 209 cm³/mol. The Kier molecular flexibility index (Phi) is 8.12. The quantitative estimate of drug-likeness (QED) is 0.123. The Balaban J connectivity index is 0.000000224. The maximum Gasteiger partial charge on any atom is 0.121 e. The van der Waals surface area contributed by atoms with Crippen LogP contribution in [0.3, 0.4) is 0 Å². The van der Waals surface area contributed by atoms with E-state index in [-0.39, 0.29) is 31.2 Å². The van der Waals surface area contributed by atoms with Gasteiger partial charge in [-0.2, -0.15) is 0 Å². The molecule has 0 atom stereocenters. The number of benzene rings is 4. The second-order valence-electron chi connectivity index (χ2n) is 14.1. The molecule has 50 heavy (non-hydrogen) atoms. The fraction of sp³-hybridized carbons (Fsp3) is 0.244. The summed E-state index contributed by atoms with van der Waals surface area (Å²) >= 11 is -2.42. The van der Waals surface area contributed by atoms with Gasteiger partial charge in [-0.3, -0.25) is 0 Å². The zero-order valence-electron chi connectivity index (χ0n) is 39.0. The number of aryl methyl sites for hydroxylation is 2. The summed E-state index contributed by atoms with van der Waals surface area (Å²) in [4.78, 5) is 9.02. The summed E-state index contributed by atoms with van der Waals surface area (Å²) in [5.74, 6) is 6.66. The van der Waals surface area contributed by atoms with E-state index in [1.54, 1.807) is 79.1 Å². The van der Waals surface area contributed by atoms with Crippen LogP contribution in [-0.4, -0.2) is 23.2 Å². The first kappa shape index (κ1) is 26.0. The number of rotatable bonds is 6. The van der Waals surface area contributed by atoms with Crippen molar-refractivity contribution in [2.75, 3.05) is 0 Å². The van der Waals surface area contributed by atoms with Gasteiger partial charge >= 0.3 is 155 Å². The number of furan rings is 1. The summed E-state index contributed by atoms with van der Waals surface area (Å²) in [6.07, 6.45) is 0.180. The van der Waals surface area contributed by atoms with Gasteiger partial charge in [0.25, 0.3) is 0 Å². The van der Waals surface area contributed by atoms with E-state index in [9.17, 15) is 0 Å². The number of nitrogens with zero attached hydrogens (tertiary/aromatic N) is 2. The van der Waals surface area contributed by atoms with Gasteiger partial charge in [0.2, 0.25) is 0 Å². The molecule has 3 heterocycles. The molecular formula is C45H46GeIrN2O-2. The minimum atomic E-state index is -2.42. The topological polar surface area (TPSA) is 38.9 Å². The van der Waals surface area contributed by atoms with Gasteiger partial charge < -0.3 is 9.40 Å². The largest absolute Gasteiger partial charge is 0.501 e. The summed E-state index contributed by atoms with van der Waals surface area (Å²) in [7, 11) is 0. The van der Waals surface area contributed by atoms with Crippen LogP contribution in [0, 0.1) is 31.3 Å². The molecule has 0 fully saturated rings. The Morgan fingerprint density at radius 1 is 0.800 bits per heavy atom. The molecule has 7 rings (SSSR count). The summed E-state index contributed by atoms with van der Waals surface area (Å²) < 4.78 is 87.4. The van der Waals surface area contributed by atoms with Crippen LogP contribution in [0.25, 0.3) is 44.5 Å². The molecule has 7 aromatic rings. The van der Waals surface area contributed by atoms with Crippen LogP contribution in [0.15, 0.2) is 114 Å². The molecule has 0 bridgehead atoms. The monoisotopic (exact) mass is 907 g/mol.